The molecule has 3 heteroatoms. The predicted molar refractivity (Wildman–Crippen MR) is 71.5 cm³/mol. The van der Waals surface area contributed by atoms with E-state index in [1.165, 1.54) is 0 Å². The van der Waals surface area contributed by atoms with Crippen LogP contribution in [0.15, 0.2) is 36.5 Å². The number of hydrogen-bond donors (Lipinski definition) is 2. The molecule has 0 unspecified atom stereocenters. The monoisotopic (exact) mass is 240 g/mol. The Hall–Kier alpha value is -2.03. The maximum Gasteiger partial charge on any atom is 0.254 e. The van der Waals surface area contributed by atoms with Crippen molar-refractivity contribution in [2.24, 2.45) is 0 Å². The Kier molecular flexibility index (Phi) is 2.30. The molecule has 2 aromatic rings. The van der Waals surface area contributed by atoms with Crippen molar-refractivity contribution in [2.45, 2.75) is 25.8 Å². The summed E-state index contributed by atoms with van der Waals surface area (Å²) in [6, 6.07) is 10.00. The van der Waals surface area contributed by atoms with Gasteiger partial charge in [0.1, 0.15) is 0 Å². The van der Waals surface area contributed by atoms with Crippen molar-refractivity contribution < 1.29 is 4.79 Å². The fraction of sp³-hybridized carbons (Fsp3) is 0.267. The SMILES string of the molecule is CC1(C)Cc2[nH]cc(-c3ccccc3)c2C(=O)N1. The van der Waals surface area contributed by atoms with Crippen LogP contribution in [-0.2, 0) is 6.42 Å². The summed E-state index contributed by atoms with van der Waals surface area (Å²) in [5.74, 6) is 0.0151. The van der Waals surface area contributed by atoms with Crippen LogP contribution < -0.4 is 5.32 Å². The molecule has 2 heterocycles. The Labute approximate surface area is 106 Å². The van der Waals surface area contributed by atoms with Crippen molar-refractivity contribution in [1.29, 1.82) is 0 Å². The number of amides is 1. The van der Waals surface area contributed by atoms with Crippen LogP contribution in [0.5, 0.6) is 0 Å². The summed E-state index contributed by atoms with van der Waals surface area (Å²) in [7, 11) is 0. The molecule has 0 saturated carbocycles. The molecule has 1 aromatic carbocycles. The third-order valence-electron chi connectivity index (χ3n) is 3.34. The Morgan fingerprint density at radius 2 is 1.89 bits per heavy atom. The molecular weight excluding hydrogens is 224 g/mol. The molecule has 0 saturated heterocycles. The third kappa shape index (κ3) is 1.72. The van der Waals surface area contributed by atoms with Gasteiger partial charge >= 0.3 is 0 Å². The second kappa shape index (κ2) is 3.73. The first-order valence-corrected chi connectivity index (χ1v) is 6.15. The molecular formula is C15H16N2O. The molecule has 0 spiro atoms. The highest BCUT2D eigenvalue weighted by atomic mass is 16.1. The number of hydrogen-bond acceptors (Lipinski definition) is 1. The highest BCUT2D eigenvalue weighted by Crippen LogP contribution is 2.31. The molecule has 0 fully saturated rings. The van der Waals surface area contributed by atoms with Crippen molar-refractivity contribution in [3.8, 4) is 11.1 Å². The van der Waals surface area contributed by atoms with E-state index in [2.05, 4.69) is 10.3 Å². The third-order valence-corrected chi connectivity index (χ3v) is 3.34. The van der Waals surface area contributed by atoms with E-state index in [1.807, 2.05) is 50.4 Å². The minimum atomic E-state index is -0.178. The van der Waals surface area contributed by atoms with Crippen LogP contribution in [0.1, 0.15) is 29.9 Å². The van der Waals surface area contributed by atoms with Crippen LogP contribution in [0.25, 0.3) is 11.1 Å². The zero-order valence-electron chi connectivity index (χ0n) is 10.6. The van der Waals surface area contributed by atoms with Crippen molar-refractivity contribution in [1.82, 2.24) is 10.3 Å². The Balaban J connectivity index is 2.12. The van der Waals surface area contributed by atoms with E-state index >= 15 is 0 Å². The van der Waals surface area contributed by atoms with Crippen molar-refractivity contribution in [3.63, 3.8) is 0 Å². The predicted octanol–water partition coefficient (Wildman–Crippen LogP) is 2.75. The zero-order valence-corrected chi connectivity index (χ0v) is 10.6. The summed E-state index contributed by atoms with van der Waals surface area (Å²) in [6.45, 7) is 4.08. The fourth-order valence-electron chi connectivity index (χ4n) is 2.57. The lowest BCUT2D eigenvalue weighted by atomic mass is 9.89. The average molecular weight is 240 g/mol. The topological polar surface area (TPSA) is 44.9 Å². The number of aromatic nitrogens is 1. The van der Waals surface area contributed by atoms with Gasteiger partial charge in [0.05, 0.1) is 5.56 Å². The molecule has 1 aliphatic heterocycles. The van der Waals surface area contributed by atoms with E-state index in [0.717, 1.165) is 28.8 Å². The molecule has 3 nitrogen and oxygen atoms in total. The smallest absolute Gasteiger partial charge is 0.254 e. The lowest BCUT2D eigenvalue weighted by molar-refractivity contribution is 0.0897. The number of carbonyl (C=O) groups excluding carboxylic acids is 1. The Morgan fingerprint density at radius 1 is 1.17 bits per heavy atom. The Bertz CT molecular complexity index is 596. The van der Waals surface area contributed by atoms with Crippen LogP contribution in [0, 0.1) is 0 Å². The molecule has 0 aliphatic carbocycles. The molecule has 1 aromatic heterocycles. The van der Waals surface area contributed by atoms with Gasteiger partial charge in [0.15, 0.2) is 0 Å². The molecule has 1 amide bonds. The standard InChI is InChI=1S/C15H16N2O/c1-15(2)8-12-13(14(18)17-15)11(9-16-12)10-6-4-3-5-7-10/h3-7,9,16H,8H2,1-2H3,(H,17,18). The Morgan fingerprint density at radius 3 is 2.61 bits per heavy atom. The van der Waals surface area contributed by atoms with Gasteiger partial charge in [-0.1, -0.05) is 30.3 Å². The second-order valence-electron chi connectivity index (χ2n) is 5.44. The fourth-order valence-corrected chi connectivity index (χ4v) is 2.57. The van der Waals surface area contributed by atoms with Crippen LogP contribution >= 0.6 is 0 Å². The van der Waals surface area contributed by atoms with Gasteiger partial charge in [0.2, 0.25) is 0 Å². The first kappa shape index (κ1) is 11.1. The summed E-state index contributed by atoms with van der Waals surface area (Å²) in [5.41, 5.74) is 3.70. The van der Waals surface area contributed by atoms with Crippen molar-refractivity contribution in [2.75, 3.05) is 0 Å². The number of benzene rings is 1. The van der Waals surface area contributed by atoms with E-state index < -0.39 is 0 Å². The molecule has 0 radical (unpaired) electrons. The quantitative estimate of drug-likeness (QED) is 0.791. The lowest BCUT2D eigenvalue weighted by Crippen LogP contribution is -2.49. The summed E-state index contributed by atoms with van der Waals surface area (Å²) in [6.07, 6.45) is 2.77. The van der Waals surface area contributed by atoms with E-state index in [9.17, 15) is 4.79 Å². The molecule has 18 heavy (non-hydrogen) atoms. The van der Waals surface area contributed by atoms with Gasteiger partial charge in [-0.25, -0.2) is 0 Å². The van der Waals surface area contributed by atoms with Crippen molar-refractivity contribution >= 4 is 5.91 Å². The highest BCUT2D eigenvalue weighted by molar-refractivity contribution is 6.03. The van der Waals surface area contributed by atoms with Gasteiger partial charge in [-0.15, -0.1) is 0 Å². The summed E-state index contributed by atoms with van der Waals surface area (Å²) >= 11 is 0. The first-order chi connectivity index (χ1) is 8.57. The van der Waals surface area contributed by atoms with Crippen LogP contribution in [0.4, 0.5) is 0 Å². The maximum absolute atomic E-state index is 12.2. The van der Waals surface area contributed by atoms with Gasteiger partial charge in [-0.3, -0.25) is 4.79 Å². The van der Waals surface area contributed by atoms with Gasteiger partial charge in [-0.2, -0.15) is 0 Å². The number of rotatable bonds is 1. The van der Waals surface area contributed by atoms with E-state index in [1.54, 1.807) is 0 Å². The van der Waals surface area contributed by atoms with Crippen molar-refractivity contribution in [3.05, 3.63) is 47.8 Å². The molecule has 0 atom stereocenters. The van der Waals surface area contributed by atoms with Crippen LogP contribution in [0.3, 0.4) is 0 Å². The largest absolute Gasteiger partial charge is 0.364 e. The van der Waals surface area contributed by atoms with E-state index in [4.69, 9.17) is 0 Å². The summed E-state index contributed by atoms with van der Waals surface area (Å²) in [4.78, 5) is 15.5. The molecule has 2 N–H and O–H groups in total. The van der Waals surface area contributed by atoms with Crippen LogP contribution in [-0.4, -0.2) is 16.4 Å². The minimum absolute atomic E-state index is 0.0151. The number of nitrogens with one attached hydrogen (secondary N) is 2. The first-order valence-electron chi connectivity index (χ1n) is 6.15. The number of aromatic amines is 1. The normalized spacial score (nSPS) is 17.1. The van der Waals surface area contributed by atoms with E-state index in [-0.39, 0.29) is 11.4 Å². The summed E-state index contributed by atoms with van der Waals surface area (Å²) < 4.78 is 0. The maximum atomic E-state index is 12.2. The van der Waals surface area contributed by atoms with Gasteiger partial charge in [-0.05, 0) is 19.4 Å². The van der Waals surface area contributed by atoms with Gasteiger partial charge in [0.25, 0.3) is 5.91 Å². The highest BCUT2D eigenvalue weighted by Gasteiger charge is 2.32. The van der Waals surface area contributed by atoms with E-state index in [0.29, 0.717) is 0 Å². The lowest BCUT2D eigenvalue weighted by Gasteiger charge is -2.31. The molecule has 3 rings (SSSR count). The molecule has 92 valence electrons. The number of H-pyrrole nitrogens is 1. The number of carbonyl (C=O) groups is 1. The molecule has 1 aliphatic rings. The van der Waals surface area contributed by atoms with Gasteiger partial charge < -0.3 is 10.3 Å². The van der Waals surface area contributed by atoms with Crippen LogP contribution in [0.2, 0.25) is 0 Å². The molecule has 0 bridgehead atoms. The number of fused-ring (bicyclic) bond motifs is 1. The average Bonchev–Trinajstić information content (AvgIpc) is 2.72. The second-order valence-corrected chi connectivity index (χ2v) is 5.44. The van der Waals surface area contributed by atoms with Gasteiger partial charge in [0, 0.05) is 29.4 Å². The zero-order chi connectivity index (χ0) is 12.8. The summed E-state index contributed by atoms with van der Waals surface area (Å²) in [5, 5.41) is 3.05. The minimum Gasteiger partial charge on any atom is -0.364 e.